The number of aryl methyl sites for hydroxylation is 1. The van der Waals surface area contributed by atoms with E-state index in [1.54, 1.807) is 17.8 Å². The molecule has 0 saturated carbocycles. The second kappa shape index (κ2) is 4.46. The van der Waals surface area contributed by atoms with Crippen LogP contribution in [0.1, 0.15) is 11.5 Å². The van der Waals surface area contributed by atoms with Gasteiger partial charge in [0.15, 0.2) is 0 Å². The van der Waals surface area contributed by atoms with Crippen LogP contribution >= 0.6 is 15.9 Å². The summed E-state index contributed by atoms with van der Waals surface area (Å²) in [5, 5.41) is 14.3. The summed E-state index contributed by atoms with van der Waals surface area (Å²) >= 11 is 3.35. The van der Waals surface area contributed by atoms with E-state index >= 15 is 0 Å². The summed E-state index contributed by atoms with van der Waals surface area (Å²) in [6.45, 7) is 0.0667. The molecular weight excluding hydrogens is 286 g/mol. The Bertz CT molecular complexity index is 579. The van der Waals surface area contributed by atoms with Crippen molar-refractivity contribution in [2.75, 3.05) is 6.54 Å². The van der Waals surface area contributed by atoms with E-state index in [1.807, 2.05) is 12.1 Å². The molecule has 0 fully saturated rings. The van der Waals surface area contributed by atoms with E-state index in [4.69, 9.17) is 10.8 Å². The Kier molecular flexibility index (Phi) is 3.17. The predicted molar refractivity (Wildman–Crippen MR) is 67.8 cm³/mol. The van der Waals surface area contributed by atoms with Gasteiger partial charge in [0.1, 0.15) is 4.60 Å². The fourth-order valence-electron chi connectivity index (χ4n) is 1.97. The maximum Gasteiger partial charge on any atom is 0.312 e. The Balaban J connectivity index is 2.73. The fourth-order valence-corrected chi connectivity index (χ4v) is 2.52. The van der Waals surface area contributed by atoms with Crippen LogP contribution in [-0.4, -0.2) is 27.4 Å². The lowest BCUT2D eigenvalue weighted by Gasteiger charge is -2.12. The lowest BCUT2D eigenvalue weighted by Crippen LogP contribution is -2.21. The van der Waals surface area contributed by atoms with Crippen LogP contribution in [0.2, 0.25) is 0 Å². The molecule has 0 aliphatic rings. The van der Waals surface area contributed by atoms with Gasteiger partial charge >= 0.3 is 5.97 Å². The Morgan fingerprint density at radius 2 is 2.35 bits per heavy atom. The van der Waals surface area contributed by atoms with Gasteiger partial charge in [-0.2, -0.15) is 5.10 Å². The molecule has 0 aliphatic heterocycles. The van der Waals surface area contributed by atoms with Gasteiger partial charge in [-0.15, -0.1) is 0 Å². The van der Waals surface area contributed by atoms with Crippen LogP contribution in [0.5, 0.6) is 0 Å². The number of rotatable bonds is 3. The van der Waals surface area contributed by atoms with E-state index in [1.165, 1.54) is 0 Å². The summed E-state index contributed by atoms with van der Waals surface area (Å²) in [4.78, 5) is 11.2. The third kappa shape index (κ3) is 1.94. The predicted octanol–water partition coefficient (Wildman–Crippen LogP) is 1.46. The number of halogens is 1. The number of carboxylic acids is 1. The number of carbonyl (C=O) groups is 1. The third-order valence-electron chi connectivity index (χ3n) is 2.76. The molecule has 0 aliphatic carbocycles. The molecule has 90 valence electrons. The summed E-state index contributed by atoms with van der Waals surface area (Å²) in [7, 11) is 1.78. The highest BCUT2D eigenvalue weighted by molar-refractivity contribution is 9.10. The molecule has 0 spiro atoms. The fraction of sp³-hybridized carbons (Fsp3) is 0.273. The van der Waals surface area contributed by atoms with E-state index in [0.29, 0.717) is 10.2 Å². The molecule has 6 heteroatoms. The monoisotopic (exact) mass is 297 g/mol. The number of nitrogens with two attached hydrogens (primary N) is 1. The van der Waals surface area contributed by atoms with Crippen molar-refractivity contribution in [3.8, 4) is 0 Å². The molecule has 0 amide bonds. The smallest absolute Gasteiger partial charge is 0.312 e. The second-order valence-electron chi connectivity index (χ2n) is 3.78. The Labute approximate surface area is 106 Å². The zero-order valence-corrected chi connectivity index (χ0v) is 10.8. The van der Waals surface area contributed by atoms with Crippen LogP contribution in [0.4, 0.5) is 0 Å². The van der Waals surface area contributed by atoms with Crippen molar-refractivity contribution in [3.63, 3.8) is 0 Å². The first kappa shape index (κ1) is 12.1. The molecule has 1 heterocycles. The summed E-state index contributed by atoms with van der Waals surface area (Å²) in [6.07, 6.45) is 0. The number of aromatic nitrogens is 2. The number of benzene rings is 1. The number of hydrogen-bond donors (Lipinski definition) is 2. The quantitative estimate of drug-likeness (QED) is 0.899. The van der Waals surface area contributed by atoms with Gasteiger partial charge in [-0.05, 0) is 21.5 Å². The number of aliphatic carboxylic acids is 1. The Hall–Kier alpha value is -1.40. The summed E-state index contributed by atoms with van der Waals surface area (Å²) in [6, 6.07) is 5.49. The lowest BCUT2D eigenvalue weighted by molar-refractivity contribution is -0.138. The lowest BCUT2D eigenvalue weighted by atomic mass is 9.97. The van der Waals surface area contributed by atoms with Gasteiger partial charge in [-0.3, -0.25) is 9.48 Å². The van der Waals surface area contributed by atoms with Crippen molar-refractivity contribution in [3.05, 3.63) is 28.4 Å². The molecule has 17 heavy (non-hydrogen) atoms. The van der Waals surface area contributed by atoms with Gasteiger partial charge in [0.25, 0.3) is 0 Å². The summed E-state index contributed by atoms with van der Waals surface area (Å²) in [5.74, 6) is -1.63. The highest BCUT2D eigenvalue weighted by atomic mass is 79.9. The molecule has 3 N–H and O–H groups in total. The minimum atomic E-state index is -0.919. The van der Waals surface area contributed by atoms with E-state index < -0.39 is 11.9 Å². The summed E-state index contributed by atoms with van der Waals surface area (Å²) < 4.78 is 2.37. The van der Waals surface area contributed by atoms with Crippen molar-refractivity contribution in [2.45, 2.75) is 5.92 Å². The van der Waals surface area contributed by atoms with Gasteiger partial charge in [0.05, 0.1) is 11.4 Å². The van der Waals surface area contributed by atoms with Crippen LogP contribution < -0.4 is 5.73 Å². The average Bonchev–Trinajstić information content (AvgIpc) is 2.56. The zero-order valence-electron chi connectivity index (χ0n) is 9.22. The SMILES string of the molecule is Cn1nc(Br)c2cccc(C(CN)C(=O)O)c21. The number of carboxylic acid groups (broad SMARTS) is 1. The van der Waals surface area contributed by atoms with Crippen LogP contribution in [0.25, 0.3) is 10.9 Å². The first-order valence-corrected chi connectivity index (χ1v) is 5.89. The highest BCUT2D eigenvalue weighted by Crippen LogP contribution is 2.29. The van der Waals surface area contributed by atoms with Crippen LogP contribution in [0.3, 0.4) is 0 Å². The van der Waals surface area contributed by atoms with E-state index in [0.717, 1.165) is 10.9 Å². The molecule has 1 atom stereocenters. The van der Waals surface area contributed by atoms with Crippen LogP contribution in [0.15, 0.2) is 22.8 Å². The van der Waals surface area contributed by atoms with Crippen molar-refractivity contribution < 1.29 is 9.90 Å². The van der Waals surface area contributed by atoms with Gasteiger partial charge in [-0.25, -0.2) is 0 Å². The van der Waals surface area contributed by atoms with Gasteiger partial charge in [-0.1, -0.05) is 18.2 Å². The van der Waals surface area contributed by atoms with Crippen LogP contribution in [-0.2, 0) is 11.8 Å². The van der Waals surface area contributed by atoms with Gasteiger partial charge in [0.2, 0.25) is 0 Å². The van der Waals surface area contributed by atoms with Gasteiger partial charge < -0.3 is 10.8 Å². The van der Waals surface area contributed by atoms with Crippen molar-refractivity contribution in [2.24, 2.45) is 12.8 Å². The number of hydrogen-bond acceptors (Lipinski definition) is 3. The Morgan fingerprint density at radius 3 is 2.94 bits per heavy atom. The molecule has 1 aromatic heterocycles. The number of fused-ring (bicyclic) bond motifs is 1. The molecule has 2 rings (SSSR count). The molecule has 0 radical (unpaired) electrons. The topological polar surface area (TPSA) is 81.1 Å². The minimum Gasteiger partial charge on any atom is -0.481 e. The molecule has 2 aromatic rings. The Morgan fingerprint density at radius 1 is 1.65 bits per heavy atom. The first-order chi connectivity index (χ1) is 8.06. The molecule has 1 aromatic carbocycles. The third-order valence-corrected chi connectivity index (χ3v) is 3.35. The maximum absolute atomic E-state index is 11.2. The van der Waals surface area contributed by atoms with E-state index in [-0.39, 0.29) is 6.54 Å². The molecule has 1 unspecified atom stereocenters. The van der Waals surface area contributed by atoms with Crippen molar-refractivity contribution >= 4 is 32.8 Å². The standard InChI is InChI=1S/C11H12BrN3O2/c1-15-9-6(8(5-13)11(16)17)3-2-4-7(9)10(12)14-15/h2-4,8H,5,13H2,1H3,(H,16,17). The van der Waals surface area contributed by atoms with E-state index in [2.05, 4.69) is 21.0 Å². The average molecular weight is 298 g/mol. The molecule has 0 bridgehead atoms. The highest BCUT2D eigenvalue weighted by Gasteiger charge is 2.22. The molecule has 5 nitrogen and oxygen atoms in total. The molecular formula is C11H12BrN3O2. The first-order valence-electron chi connectivity index (χ1n) is 5.10. The maximum atomic E-state index is 11.2. The second-order valence-corrected chi connectivity index (χ2v) is 4.54. The van der Waals surface area contributed by atoms with Crippen molar-refractivity contribution in [1.82, 2.24) is 9.78 Å². The zero-order chi connectivity index (χ0) is 12.6. The minimum absolute atomic E-state index is 0.0667. The van der Waals surface area contributed by atoms with E-state index in [9.17, 15) is 4.79 Å². The van der Waals surface area contributed by atoms with Gasteiger partial charge in [0, 0.05) is 19.0 Å². The van der Waals surface area contributed by atoms with Crippen molar-refractivity contribution in [1.29, 1.82) is 0 Å². The molecule has 0 saturated heterocycles. The van der Waals surface area contributed by atoms with Crippen LogP contribution in [0, 0.1) is 0 Å². The number of para-hydroxylation sites is 1. The normalized spacial score (nSPS) is 12.9. The summed E-state index contributed by atoms with van der Waals surface area (Å²) in [5.41, 5.74) is 7.03. The largest absolute Gasteiger partial charge is 0.481 e. The number of nitrogens with zero attached hydrogens (tertiary/aromatic N) is 2.